The molecule has 6 heteroatoms. The number of carbonyl (C=O) groups is 1. The maximum Gasteiger partial charge on any atom is 0.228 e. The molecule has 2 rings (SSSR count). The summed E-state index contributed by atoms with van der Waals surface area (Å²) in [5, 5.41) is 10.4. The first-order valence-electron chi connectivity index (χ1n) is 6.16. The van der Waals surface area contributed by atoms with E-state index in [1.807, 2.05) is 20.0 Å². The van der Waals surface area contributed by atoms with Crippen molar-refractivity contribution in [2.75, 3.05) is 18.4 Å². The molecule has 2 heterocycles. The zero-order chi connectivity index (χ0) is 12.4. The predicted octanol–water partition coefficient (Wildman–Crippen LogP) is 1.20. The number of hydrogen-bond donors (Lipinski definition) is 2. The number of rotatable bonds is 4. The fourth-order valence-corrected chi connectivity index (χ4v) is 1.94. The molecule has 102 valence electrons. The third-order valence-electron chi connectivity index (χ3n) is 3.48. The summed E-state index contributed by atoms with van der Waals surface area (Å²) in [6, 6.07) is 1.93. The Morgan fingerprint density at radius 1 is 1.67 bits per heavy atom. The molecular formula is C12H21ClN4O. The lowest BCUT2D eigenvalue weighted by atomic mass is 9.88. The Bertz CT molecular complexity index is 414. The maximum atomic E-state index is 12.0. The van der Waals surface area contributed by atoms with Gasteiger partial charge in [0.1, 0.15) is 5.82 Å². The van der Waals surface area contributed by atoms with Gasteiger partial charge in [0.25, 0.3) is 0 Å². The van der Waals surface area contributed by atoms with Crippen molar-refractivity contribution in [3.63, 3.8) is 0 Å². The van der Waals surface area contributed by atoms with E-state index >= 15 is 0 Å². The molecule has 1 amide bonds. The van der Waals surface area contributed by atoms with Gasteiger partial charge in [-0.25, -0.2) is 0 Å². The van der Waals surface area contributed by atoms with E-state index in [0.29, 0.717) is 5.92 Å². The molecule has 0 aliphatic carbocycles. The highest BCUT2D eigenvalue weighted by molar-refractivity contribution is 5.91. The van der Waals surface area contributed by atoms with Crippen molar-refractivity contribution >= 4 is 24.1 Å². The van der Waals surface area contributed by atoms with Crippen molar-refractivity contribution in [2.24, 2.45) is 18.9 Å². The molecule has 0 spiro atoms. The first kappa shape index (κ1) is 15.0. The number of aryl methyl sites for hydroxylation is 2. The lowest BCUT2D eigenvalue weighted by molar-refractivity contribution is -0.121. The van der Waals surface area contributed by atoms with Gasteiger partial charge in [-0.2, -0.15) is 5.10 Å². The fraction of sp³-hybridized carbons (Fsp3) is 0.667. The quantitative estimate of drug-likeness (QED) is 0.866. The van der Waals surface area contributed by atoms with Crippen LogP contribution < -0.4 is 10.6 Å². The number of anilines is 1. The number of hydrogen-bond acceptors (Lipinski definition) is 3. The van der Waals surface area contributed by atoms with Crippen molar-refractivity contribution < 1.29 is 4.79 Å². The highest BCUT2D eigenvalue weighted by Crippen LogP contribution is 2.18. The van der Waals surface area contributed by atoms with Crippen LogP contribution in [0.15, 0.2) is 6.07 Å². The molecule has 1 saturated heterocycles. The topological polar surface area (TPSA) is 59.0 Å². The molecule has 0 aromatic carbocycles. The van der Waals surface area contributed by atoms with Crippen LogP contribution in [0.1, 0.15) is 19.5 Å². The molecule has 1 aliphatic heterocycles. The van der Waals surface area contributed by atoms with Crippen molar-refractivity contribution in [2.45, 2.75) is 20.3 Å². The number of amides is 1. The zero-order valence-electron chi connectivity index (χ0n) is 11.1. The summed E-state index contributed by atoms with van der Waals surface area (Å²) in [6.45, 7) is 5.93. The van der Waals surface area contributed by atoms with E-state index in [1.54, 1.807) is 4.68 Å². The first-order valence-corrected chi connectivity index (χ1v) is 6.16. The third kappa shape index (κ3) is 3.03. The largest absolute Gasteiger partial charge is 0.316 e. The highest BCUT2D eigenvalue weighted by atomic mass is 35.5. The molecule has 1 fully saturated rings. The van der Waals surface area contributed by atoms with Crippen molar-refractivity contribution in [1.29, 1.82) is 0 Å². The van der Waals surface area contributed by atoms with E-state index < -0.39 is 0 Å². The lowest BCUT2D eigenvalue weighted by Crippen LogP contribution is -2.48. The molecule has 5 nitrogen and oxygen atoms in total. The van der Waals surface area contributed by atoms with Crippen molar-refractivity contribution in [3.05, 3.63) is 11.8 Å². The number of nitrogens with zero attached hydrogens (tertiary/aromatic N) is 2. The smallest absolute Gasteiger partial charge is 0.228 e. The number of aromatic nitrogens is 2. The lowest BCUT2D eigenvalue weighted by Gasteiger charge is -2.31. The van der Waals surface area contributed by atoms with Gasteiger partial charge in [0, 0.05) is 19.0 Å². The Kier molecular flexibility index (Phi) is 5.16. The van der Waals surface area contributed by atoms with Crippen LogP contribution in [0.25, 0.3) is 0 Å². The van der Waals surface area contributed by atoms with Gasteiger partial charge in [-0.3, -0.25) is 9.48 Å². The number of nitrogens with one attached hydrogen (secondary N) is 2. The van der Waals surface area contributed by atoms with E-state index in [0.717, 1.165) is 31.0 Å². The predicted molar refractivity (Wildman–Crippen MR) is 74.0 cm³/mol. The summed E-state index contributed by atoms with van der Waals surface area (Å²) >= 11 is 0. The van der Waals surface area contributed by atoms with Gasteiger partial charge in [-0.1, -0.05) is 13.8 Å². The minimum Gasteiger partial charge on any atom is -0.316 e. The molecular weight excluding hydrogens is 252 g/mol. The Morgan fingerprint density at radius 2 is 2.33 bits per heavy atom. The van der Waals surface area contributed by atoms with Crippen LogP contribution >= 0.6 is 12.4 Å². The van der Waals surface area contributed by atoms with E-state index in [-0.39, 0.29) is 24.2 Å². The minimum atomic E-state index is 0. The van der Waals surface area contributed by atoms with Crippen LogP contribution in [0.5, 0.6) is 0 Å². The van der Waals surface area contributed by atoms with Gasteiger partial charge in [0.15, 0.2) is 0 Å². The molecule has 1 unspecified atom stereocenters. The second kappa shape index (κ2) is 6.20. The van der Waals surface area contributed by atoms with Crippen molar-refractivity contribution in [1.82, 2.24) is 15.1 Å². The summed E-state index contributed by atoms with van der Waals surface area (Å²) < 4.78 is 1.72. The molecule has 0 radical (unpaired) electrons. The van der Waals surface area contributed by atoms with E-state index in [1.165, 1.54) is 0 Å². The first-order chi connectivity index (χ1) is 8.11. The standard InChI is InChI=1S/C12H20N4O.ClH/c1-4-10-5-11(16(3)15-10)14-12(17)8(2)9-6-13-7-9;/h5,8-9,13H,4,6-7H2,1-3H3,(H,14,17);1H. The molecule has 1 aromatic heterocycles. The van der Waals surface area contributed by atoms with Gasteiger partial charge in [0.2, 0.25) is 5.91 Å². The SMILES string of the molecule is CCc1cc(NC(=O)C(C)C2CNC2)n(C)n1.Cl. The second-order valence-corrected chi connectivity index (χ2v) is 4.69. The molecule has 1 aliphatic rings. The summed E-state index contributed by atoms with van der Waals surface area (Å²) in [6.07, 6.45) is 0.881. The molecule has 0 bridgehead atoms. The van der Waals surface area contributed by atoms with E-state index in [2.05, 4.69) is 22.7 Å². The van der Waals surface area contributed by atoms with Gasteiger partial charge < -0.3 is 10.6 Å². The molecule has 0 saturated carbocycles. The average molecular weight is 273 g/mol. The summed E-state index contributed by atoms with van der Waals surface area (Å²) in [4.78, 5) is 12.0. The summed E-state index contributed by atoms with van der Waals surface area (Å²) in [5.41, 5.74) is 1.00. The highest BCUT2D eigenvalue weighted by Gasteiger charge is 2.29. The number of carbonyl (C=O) groups excluding carboxylic acids is 1. The van der Waals surface area contributed by atoms with Crippen LogP contribution in [0.2, 0.25) is 0 Å². The van der Waals surface area contributed by atoms with Crippen LogP contribution in [0.4, 0.5) is 5.82 Å². The van der Waals surface area contributed by atoms with Crippen LogP contribution in [-0.4, -0.2) is 28.8 Å². The Balaban J connectivity index is 0.00000162. The zero-order valence-corrected chi connectivity index (χ0v) is 11.9. The molecule has 1 atom stereocenters. The van der Waals surface area contributed by atoms with Gasteiger partial charge >= 0.3 is 0 Å². The van der Waals surface area contributed by atoms with Gasteiger partial charge in [-0.05, 0) is 25.4 Å². The fourth-order valence-electron chi connectivity index (χ4n) is 1.94. The Morgan fingerprint density at radius 3 is 2.78 bits per heavy atom. The number of halogens is 1. The molecule has 2 N–H and O–H groups in total. The maximum absolute atomic E-state index is 12.0. The Labute approximate surface area is 114 Å². The third-order valence-corrected chi connectivity index (χ3v) is 3.48. The van der Waals surface area contributed by atoms with E-state index in [9.17, 15) is 4.79 Å². The minimum absolute atomic E-state index is 0. The van der Waals surface area contributed by atoms with Crippen LogP contribution in [0.3, 0.4) is 0 Å². The molecule has 1 aromatic rings. The van der Waals surface area contributed by atoms with Crippen LogP contribution in [0, 0.1) is 11.8 Å². The van der Waals surface area contributed by atoms with Crippen LogP contribution in [-0.2, 0) is 18.3 Å². The van der Waals surface area contributed by atoms with Gasteiger partial charge in [-0.15, -0.1) is 12.4 Å². The Hall–Kier alpha value is -1.07. The van der Waals surface area contributed by atoms with E-state index in [4.69, 9.17) is 0 Å². The summed E-state index contributed by atoms with van der Waals surface area (Å²) in [7, 11) is 1.85. The monoisotopic (exact) mass is 272 g/mol. The average Bonchev–Trinajstić information content (AvgIpc) is 2.57. The van der Waals surface area contributed by atoms with Gasteiger partial charge in [0.05, 0.1) is 5.69 Å². The van der Waals surface area contributed by atoms with Crippen molar-refractivity contribution in [3.8, 4) is 0 Å². The molecule has 18 heavy (non-hydrogen) atoms. The summed E-state index contributed by atoms with van der Waals surface area (Å²) in [5.74, 6) is 1.39. The second-order valence-electron chi connectivity index (χ2n) is 4.69. The normalized spacial score (nSPS) is 16.6.